The Hall–Kier alpha value is -2.63. The number of benzene rings is 2. The zero-order chi connectivity index (χ0) is 18.4. The maximum atomic E-state index is 12.2. The SMILES string of the molecule is O=C(Nc1cccc(Cl)c1)c1cnc(NCCc2ccc(Cl)cc2)nc1. The second kappa shape index (κ2) is 8.65. The Morgan fingerprint density at radius 2 is 1.69 bits per heavy atom. The number of carbonyl (C=O) groups is 1. The molecular formula is C19H16Cl2N4O. The van der Waals surface area contributed by atoms with Gasteiger partial charge in [-0.05, 0) is 42.3 Å². The summed E-state index contributed by atoms with van der Waals surface area (Å²) >= 11 is 11.8. The lowest BCUT2D eigenvalue weighted by molar-refractivity contribution is 0.102. The number of rotatable bonds is 6. The fraction of sp³-hybridized carbons (Fsp3) is 0.105. The number of anilines is 2. The van der Waals surface area contributed by atoms with Gasteiger partial charge in [0.05, 0.1) is 5.56 Å². The summed E-state index contributed by atoms with van der Waals surface area (Å²) in [6.45, 7) is 0.676. The van der Waals surface area contributed by atoms with E-state index in [9.17, 15) is 4.79 Å². The Morgan fingerprint density at radius 1 is 0.962 bits per heavy atom. The summed E-state index contributed by atoms with van der Waals surface area (Å²) < 4.78 is 0. The summed E-state index contributed by atoms with van der Waals surface area (Å²) in [5.41, 5.74) is 2.15. The number of hydrogen-bond donors (Lipinski definition) is 2. The van der Waals surface area contributed by atoms with Crippen LogP contribution in [0.5, 0.6) is 0 Å². The topological polar surface area (TPSA) is 66.9 Å². The number of carbonyl (C=O) groups excluding carboxylic acids is 1. The van der Waals surface area contributed by atoms with Gasteiger partial charge in [0.25, 0.3) is 5.91 Å². The molecule has 3 rings (SSSR count). The van der Waals surface area contributed by atoms with Crippen LogP contribution in [0.25, 0.3) is 0 Å². The molecule has 0 fully saturated rings. The van der Waals surface area contributed by atoms with Gasteiger partial charge in [0.2, 0.25) is 5.95 Å². The molecular weight excluding hydrogens is 371 g/mol. The minimum absolute atomic E-state index is 0.292. The molecule has 3 aromatic rings. The smallest absolute Gasteiger partial charge is 0.258 e. The monoisotopic (exact) mass is 386 g/mol. The van der Waals surface area contributed by atoms with Crippen molar-refractivity contribution in [2.75, 3.05) is 17.2 Å². The largest absolute Gasteiger partial charge is 0.354 e. The van der Waals surface area contributed by atoms with E-state index < -0.39 is 0 Å². The van der Waals surface area contributed by atoms with Gasteiger partial charge in [-0.3, -0.25) is 4.79 Å². The summed E-state index contributed by atoms with van der Waals surface area (Å²) in [5.74, 6) is 0.179. The second-order valence-corrected chi connectivity index (χ2v) is 6.44. The number of halogens is 2. The van der Waals surface area contributed by atoms with Crippen LogP contribution in [0.2, 0.25) is 10.0 Å². The molecule has 0 saturated heterocycles. The van der Waals surface area contributed by atoms with Crippen LogP contribution in [-0.2, 0) is 6.42 Å². The second-order valence-electron chi connectivity index (χ2n) is 5.56. The maximum Gasteiger partial charge on any atom is 0.258 e. The number of nitrogens with zero attached hydrogens (tertiary/aromatic N) is 2. The molecule has 2 aromatic carbocycles. The molecule has 7 heteroatoms. The van der Waals surface area contributed by atoms with Gasteiger partial charge in [0.15, 0.2) is 0 Å². The van der Waals surface area contributed by atoms with Gasteiger partial charge in [-0.15, -0.1) is 0 Å². The van der Waals surface area contributed by atoms with Crippen molar-refractivity contribution in [1.29, 1.82) is 0 Å². The van der Waals surface area contributed by atoms with Crippen molar-refractivity contribution >= 4 is 40.7 Å². The Labute approximate surface area is 161 Å². The standard InChI is InChI=1S/C19H16Cl2N4O/c20-15-6-4-13(5-7-15)8-9-22-19-23-11-14(12-24-19)18(26)25-17-3-1-2-16(21)10-17/h1-7,10-12H,8-9H2,(H,25,26)(H,22,23,24). The van der Waals surface area contributed by atoms with E-state index >= 15 is 0 Å². The van der Waals surface area contributed by atoms with Gasteiger partial charge < -0.3 is 10.6 Å². The van der Waals surface area contributed by atoms with Gasteiger partial charge >= 0.3 is 0 Å². The number of nitrogens with one attached hydrogen (secondary N) is 2. The highest BCUT2D eigenvalue weighted by molar-refractivity contribution is 6.31. The molecule has 132 valence electrons. The van der Waals surface area contributed by atoms with Crippen LogP contribution in [0.4, 0.5) is 11.6 Å². The van der Waals surface area contributed by atoms with Crippen molar-refractivity contribution in [3.63, 3.8) is 0 Å². The highest BCUT2D eigenvalue weighted by Crippen LogP contribution is 2.16. The fourth-order valence-corrected chi connectivity index (χ4v) is 2.59. The zero-order valence-corrected chi connectivity index (χ0v) is 15.3. The molecule has 0 spiro atoms. The highest BCUT2D eigenvalue weighted by Gasteiger charge is 2.08. The van der Waals surface area contributed by atoms with Crippen LogP contribution in [-0.4, -0.2) is 22.4 Å². The Kier molecular flexibility index (Phi) is 6.04. The summed E-state index contributed by atoms with van der Waals surface area (Å²) in [6, 6.07) is 14.6. The summed E-state index contributed by atoms with van der Waals surface area (Å²) in [6.07, 6.45) is 3.78. The zero-order valence-electron chi connectivity index (χ0n) is 13.7. The first-order valence-electron chi connectivity index (χ1n) is 7.97. The van der Waals surface area contributed by atoms with Crippen LogP contribution in [0, 0.1) is 0 Å². The van der Waals surface area contributed by atoms with E-state index in [0.29, 0.717) is 28.8 Å². The van der Waals surface area contributed by atoms with Gasteiger partial charge in [-0.2, -0.15) is 0 Å². The molecule has 0 saturated carbocycles. The summed E-state index contributed by atoms with van der Waals surface area (Å²) in [7, 11) is 0. The lowest BCUT2D eigenvalue weighted by Gasteiger charge is -2.07. The molecule has 0 atom stereocenters. The Balaban J connectivity index is 1.52. The van der Waals surface area contributed by atoms with Crippen LogP contribution in [0.3, 0.4) is 0 Å². The van der Waals surface area contributed by atoms with Gasteiger partial charge in [-0.25, -0.2) is 9.97 Å². The van der Waals surface area contributed by atoms with E-state index in [4.69, 9.17) is 23.2 Å². The predicted octanol–water partition coefficient (Wildman–Crippen LogP) is 4.69. The normalized spacial score (nSPS) is 10.4. The van der Waals surface area contributed by atoms with Crippen molar-refractivity contribution in [2.45, 2.75) is 6.42 Å². The molecule has 5 nitrogen and oxygen atoms in total. The first kappa shape index (κ1) is 18.2. The van der Waals surface area contributed by atoms with Crippen molar-refractivity contribution in [1.82, 2.24) is 9.97 Å². The molecule has 0 bridgehead atoms. The van der Waals surface area contributed by atoms with E-state index in [2.05, 4.69) is 20.6 Å². The van der Waals surface area contributed by atoms with Gasteiger partial charge in [0.1, 0.15) is 0 Å². The third-order valence-electron chi connectivity index (χ3n) is 3.61. The lowest BCUT2D eigenvalue weighted by Crippen LogP contribution is -2.14. The van der Waals surface area contributed by atoms with Crippen molar-refractivity contribution < 1.29 is 4.79 Å². The van der Waals surface area contributed by atoms with E-state index in [-0.39, 0.29) is 5.91 Å². The van der Waals surface area contributed by atoms with Crippen molar-refractivity contribution in [2.24, 2.45) is 0 Å². The minimum Gasteiger partial charge on any atom is -0.354 e. The van der Waals surface area contributed by atoms with Gasteiger partial charge in [0, 0.05) is 34.7 Å². The average molecular weight is 387 g/mol. The van der Waals surface area contributed by atoms with Crippen LogP contribution >= 0.6 is 23.2 Å². The van der Waals surface area contributed by atoms with E-state index in [1.165, 1.54) is 18.0 Å². The number of aromatic nitrogens is 2. The molecule has 2 N–H and O–H groups in total. The summed E-state index contributed by atoms with van der Waals surface area (Å²) in [5, 5.41) is 7.15. The molecule has 0 aliphatic carbocycles. The van der Waals surface area contributed by atoms with Crippen molar-refractivity contribution in [3.8, 4) is 0 Å². The molecule has 0 radical (unpaired) electrons. The highest BCUT2D eigenvalue weighted by atomic mass is 35.5. The lowest BCUT2D eigenvalue weighted by atomic mass is 10.1. The number of hydrogen-bond acceptors (Lipinski definition) is 4. The molecule has 0 aliphatic rings. The van der Waals surface area contributed by atoms with Crippen LogP contribution in [0.15, 0.2) is 60.9 Å². The summed E-state index contributed by atoms with van der Waals surface area (Å²) in [4.78, 5) is 20.5. The third kappa shape index (κ3) is 5.18. The minimum atomic E-state index is -0.292. The maximum absolute atomic E-state index is 12.2. The van der Waals surface area contributed by atoms with Gasteiger partial charge in [-0.1, -0.05) is 41.4 Å². The number of amides is 1. The molecule has 1 amide bonds. The van der Waals surface area contributed by atoms with E-state index in [0.717, 1.165) is 11.4 Å². The van der Waals surface area contributed by atoms with E-state index in [1.807, 2.05) is 24.3 Å². The van der Waals surface area contributed by atoms with Crippen LogP contribution in [0.1, 0.15) is 15.9 Å². The van der Waals surface area contributed by atoms with Crippen molar-refractivity contribution in [3.05, 3.63) is 82.1 Å². The third-order valence-corrected chi connectivity index (χ3v) is 4.09. The molecule has 1 aromatic heterocycles. The molecule has 26 heavy (non-hydrogen) atoms. The predicted molar refractivity (Wildman–Crippen MR) is 105 cm³/mol. The first-order chi connectivity index (χ1) is 12.6. The Morgan fingerprint density at radius 3 is 2.38 bits per heavy atom. The molecule has 0 unspecified atom stereocenters. The molecule has 1 heterocycles. The van der Waals surface area contributed by atoms with E-state index in [1.54, 1.807) is 24.3 Å². The quantitative estimate of drug-likeness (QED) is 0.644. The fourth-order valence-electron chi connectivity index (χ4n) is 2.28. The van der Waals surface area contributed by atoms with Crippen LogP contribution < -0.4 is 10.6 Å². The average Bonchev–Trinajstić information content (AvgIpc) is 2.64. The first-order valence-corrected chi connectivity index (χ1v) is 8.73. The Bertz CT molecular complexity index is 883. The molecule has 0 aliphatic heterocycles.